The molecule has 2 aromatic heterocycles. The minimum absolute atomic E-state index is 0.0244. The van der Waals surface area contributed by atoms with Gasteiger partial charge in [0, 0.05) is 5.56 Å². The number of furan rings is 1. The number of alkyl halides is 3. The zero-order valence-corrected chi connectivity index (χ0v) is 12.8. The van der Waals surface area contributed by atoms with Crippen LogP contribution in [-0.4, -0.2) is 33.3 Å². The fourth-order valence-electron chi connectivity index (χ4n) is 2.14. The van der Waals surface area contributed by atoms with Crippen molar-refractivity contribution in [3.63, 3.8) is 0 Å². The van der Waals surface area contributed by atoms with Crippen molar-refractivity contribution in [2.24, 2.45) is 0 Å². The number of aromatic nitrogens is 4. The van der Waals surface area contributed by atoms with Crippen LogP contribution in [0.4, 0.5) is 13.2 Å². The second-order valence-electron chi connectivity index (χ2n) is 4.97. The summed E-state index contributed by atoms with van der Waals surface area (Å²) < 4.78 is 48.1. The summed E-state index contributed by atoms with van der Waals surface area (Å²) >= 11 is 0. The fourth-order valence-corrected chi connectivity index (χ4v) is 2.14. The number of ether oxygens (including phenoxy) is 1. The number of hydrogen-bond donors (Lipinski definition) is 0. The number of rotatable bonds is 4. The predicted molar refractivity (Wildman–Crippen MR) is 77.4 cm³/mol. The number of methoxy groups -OCH3 is 1. The second kappa shape index (κ2) is 6.38. The van der Waals surface area contributed by atoms with Crippen LogP contribution >= 0.6 is 0 Å². The molecule has 0 saturated heterocycles. The Labute approximate surface area is 139 Å². The monoisotopic (exact) mass is 352 g/mol. The average Bonchev–Trinajstić information content (AvgIpc) is 3.23. The first-order valence-corrected chi connectivity index (χ1v) is 6.98. The highest BCUT2D eigenvalue weighted by atomic mass is 19.4. The van der Waals surface area contributed by atoms with Crippen molar-refractivity contribution < 1.29 is 27.1 Å². The summed E-state index contributed by atoms with van der Waals surface area (Å²) in [5.74, 6) is -0.306. The highest BCUT2D eigenvalue weighted by Crippen LogP contribution is 2.31. The molecule has 7 nitrogen and oxygen atoms in total. The highest BCUT2D eigenvalue weighted by Gasteiger charge is 2.30. The van der Waals surface area contributed by atoms with Crippen LogP contribution in [0, 0.1) is 0 Å². The van der Waals surface area contributed by atoms with Crippen molar-refractivity contribution in [1.29, 1.82) is 0 Å². The molecule has 3 aromatic rings. The van der Waals surface area contributed by atoms with Gasteiger partial charge in [0.05, 0.1) is 18.9 Å². The first-order chi connectivity index (χ1) is 11.9. The van der Waals surface area contributed by atoms with Crippen molar-refractivity contribution in [3.05, 3.63) is 53.5 Å². The standard InChI is InChI=1S/C15H11F3N4O3/c1-24-14(23)11-5-6-25-12(11)8-22-20-13(19-21-22)9-3-2-4-10(7-9)15(16,17)18/h2-7H,8H2,1H3. The quantitative estimate of drug-likeness (QED) is 0.672. The zero-order chi connectivity index (χ0) is 18.0. The van der Waals surface area contributed by atoms with Gasteiger partial charge >= 0.3 is 12.1 Å². The van der Waals surface area contributed by atoms with Gasteiger partial charge < -0.3 is 9.15 Å². The topological polar surface area (TPSA) is 83.0 Å². The molecular weight excluding hydrogens is 341 g/mol. The van der Waals surface area contributed by atoms with Crippen LogP contribution in [0.15, 0.2) is 41.0 Å². The van der Waals surface area contributed by atoms with Crippen LogP contribution in [0.5, 0.6) is 0 Å². The SMILES string of the molecule is COC(=O)c1ccoc1Cn1nnc(-c2cccc(C(F)(F)F)c2)n1. The predicted octanol–water partition coefficient (Wildman–Crippen LogP) is 2.79. The Kier molecular flexibility index (Phi) is 4.26. The Bertz CT molecular complexity index is 901. The molecule has 0 aliphatic carbocycles. The van der Waals surface area contributed by atoms with Gasteiger partial charge in [0.1, 0.15) is 17.9 Å². The molecule has 3 rings (SSSR count). The zero-order valence-electron chi connectivity index (χ0n) is 12.8. The second-order valence-corrected chi connectivity index (χ2v) is 4.97. The van der Waals surface area contributed by atoms with Crippen LogP contribution in [0.1, 0.15) is 21.7 Å². The first kappa shape index (κ1) is 16.7. The molecule has 0 aliphatic rings. The normalized spacial score (nSPS) is 11.5. The van der Waals surface area contributed by atoms with Crippen LogP contribution in [0.2, 0.25) is 0 Å². The summed E-state index contributed by atoms with van der Waals surface area (Å²) in [4.78, 5) is 12.7. The third kappa shape index (κ3) is 3.52. The molecule has 1 aromatic carbocycles. The van der Waals surface area contributed by atoms with Gasteiger partial charge in [-0.25, -0.2) is 4.79 Å². The van der Waals surface area contributed by atoms with Crippen LogP contribution in [0.25, 0.3) is 11.4 Å². The van der Waals surface area contributed by atoms with E-state index in [1.807, 2.05) is 0 Å². The summed E-state index contributed by atoms with van der Waals surface area (Å²) in [6.45, 7) is -0.0244. The maximum atomic E-state index is 12.8. The molecule has 130 valence electrons. The number of halogens is 3. The van der Waals surface area contributed by atoms with Crippen molar-refractivity contribution in [2.45, 2.75) is 12.7 Å². The van der Waals surface area contributed by atoms with Crippen LogP contribution in [-0.2, 0) is 17.5 Å². The molecule has 0 fully saturated rings. The van der Waals surface area contributed by atoms with E-state index in [0.29, 0.717) is 0 Å². The fraction of sp³-hybridized carbons (Fsp3) is 0.200. The van der Waals surface area contributed by atoms with E-state index in [2.05, 4.69) is 20.1 Å². The van der Waals surface area contributed by atoms with Gasteiger partial charge in [0.2, 0.25) is 5.82 Å². The maximum absolute atomic E-state index is 12.8. The van der Waals surface area contributed by atoms with E-state index in [-0.39, 0.29) is 29.3 Å². The van der Waals surface area contributed by atoms with Gasteiger partial charge in [-0.1, -0.05) is 12.1 Å². The van der Waals surface area contributed by atoms with Crippen molar-refractivity contribution in [3.8, 4) is 11.4 Å². The molecular formula is C15H11F3N4O3. The molecule has 0 N–H and O–H groups in total. The molecule has 0 radical (unpaired) electrons. The van der Waals surface area contributed by atoms with E-state index in [4.69, 9.17) is 4.42 Å². The van der Waals surface area contributed by atoms with E-state index in [1.165, 1.54) is 31.6 Å². The van der Waals surface area contributed by atoms with Gasteiger partial charge in [-0.2, -0.15) is 18.0 Å². The van der Waals surface area contributed by atoms with Crippen LogP contribution in [0.3, 0.4) is 0 Å². The number of tetrazole rings is 1. The van der Waals surface area contributed by atoms with Gasteiger partial charge in [-0.15, -0.1) is 10.2 Å². The molecule has 0 saturated carbocycles. The molecule has 0 spiro atoms. The largest absolute Gasteiger partial charge is 0.466 e. The van der Waals surface area contributed by atoms with Crippen molar-refractivity contribution in [2.75, 3.05) is 7.11 Å². The first-order valence-electron chi connectivity index (χ1n) is 6.98. The van der Waals surface area contributed by atoms with Crippen LogP contribution < -0.4 is 0 Å². The number of nitrogens with zero attached hydrogens (tertiary/aromatic N) is 4. The average molecular weight is 352 g/mol. The number of hydrogen-bond acceptors (Lipinski definition) is 6. The Morgan fingerprint density at radius 1 is 1.32 bits per heavy atom. The lowest BCUT2D eigenvalue weighted by Gasteiger charge is -2.06. The van der Waals surface area contributed by atoms with Gasteiger partial charge in [-0.05, 0) is 23.4 Å². The lowest BCUT2D eigenvalue weighted by atomic mass is 10.1. The molecule has 0 aliphatic heterocycles. The summed E-state index contributed by atoms with van der Waals surface area (Å²) in [6, 6.07) is 6.05. The molecule has 0 atom stereocenters. The van der Waals surface area contributed by atoms with Gasteiger partial charge in [0.15, 0.2) is 0 Å². The van der Waals surface area contributed by atoms with E-state index in [0.717, 1.165) is 16.9 Å². The Hall–Kier alpha value is -3.17. The number of carbonyl (C=O) groups is 1. The maximum Gasteiger partial charge on any atom is 0.416 e. The van der Waals surface area contributed by atoms with E-state index in [9.17, 15) is 18.0 Å². The summed E-state index contributed by atoms with van der Waals surface area (Å²) in [5.41, 5.74) is -0.422. The van der Waals surface area contributed by atoms with E-state index < -0.39 is 17.7 Å². The van der Waals surface area contributed by atoms with E-state index in [1.54, 1.807) is 0 Å². The smallest absolute Gasteiger partial charge is 0.416 e. The van der Waals surface area contributed by atoms with Crippen molar-refractivity contribution in [1.82, 2.24) is 20.2 Å². The molecule has 25 heavy (non-hydrogen) atoms. The number of carbonyl (C=O) groups excluding carboxylic acids is 1. The van der Waals surface area contributed by atoms with Gasteiger partial charge in [-0.3, -0.25) is 0 Å². The highest BCUT2D eigenvalue weighted by molar-refractivity contribution is 5.90. The summed E-state index contributed by atoms with van der Waals surface area (Å²) in [6.07, 6.45) is -3.15. The minimum Gasteiger partial charge on any atom is -0.466 e. The van der Waals surface area contributed by atoms with E-state index >= 15 is 0 Å². The Balaban J connectivity index is 1.84. The third-order valence-corrected chi connectivity index (χ3v) is 3.34. The summed E-state index contributed by atoms with van der Waals surface area (Å²) in [7, 11) is 1.23. The molecule has 0 bridgehead atoms. The molecule has 2 heterocycles. The molecule has 0 amide bonds. The number of esters is 1. The Morgan fingerprint density at radius 2 is 2.12 bits per heavy atom. The molecule has 0 unspecified atom stereocenters. The third-order valence-electron chi connectivity index (χ3n) is 3.34. The summed E-state index contributed by atoms with van der Waals surface area (Å²) in [5, 5.41) is 11.5. The molecule has 10 heteroatoms. The van der Waals surface area contributed by atoms with Crippen molar-refractivity contribution >= 4 is 5.97 Å². The number of benzene rings is 1. The lowest BCUT2D eigenvalue weighted by Crippen LogP contribution is -2.09. The minimum atomic E-state index is -4.46. The Morgan fingerprint density at radius 3 is 2.84 bits per heavy atom. The lowest BCUT2D eigenvalue weighted by molar-refractivity contribution is -0.137. The van der Waals surface area contributed by atoms with Gasteiger partial charge in [0.25, 0.3) is 0 Å².